The summed E-state index contributed by atoms with van der Waals surface area (Å²) in [6.45, 7) is 7.71. The van der Waals surface area contributed by atoms with Crippen LogP contribution in [0.15, 0.2) is 102 Å². The molecule has 0 heterocycles. The van der Waals surface area contributed by atoms with Crippen molar-refractivity contribution in [3.63, 3.8) is 0 Å². The van der Waals surface area contributed by atoms with Gasteiger partial charge in [-0.15, -0.1) is 0 Å². The molecule has 1 unspecified atom stereocenters. The molecule has 0 bridgehead atoms. The number of ether oxygens (including phenoxy) is 1. The fourth-order valence-electron chi connectivity index (χ4n) is 5.08. The van der Waals surface area contributed by atoms with Gasteiger partial charge in [0.05, 0.1) is 17.7 Å². The van der Waals surface area contributed by atoms with Crippen LogP contribution in [-0.4, -0.2) is 51.4 Å². The second-order valence-electron chi connectivity index (χ2n) is 12.0. The van der Waals surface area contributed by atoms with Crippen molar-refractivity contribution in [1.29, 1.82) is 0 Å². The van der Waals surface area contributed by atoms with Gasteiger partial charge in [-0.25, -0.2) is 8.42 Å². The Morgan fingerprint density at radius 2 is 1.47 bits per heavy atom. The number of aryl methyl sites for hydroxylation is 2. The fraction of sp³-hybridized carbons (Fsp3) is 0.297. The van der Waals surface area contributed by atoms with Gasteiger partial charge in [-0.1, -0.05) is 103 Å². The van der Waals surface area contributed by atoms with Crippen molar-refractivity contribution in [1.82, 2.24) is 10.2 Å². The number of hydrogen-bond donors (Lipinski definition) is 1. The van der Waals surface area contributed by atoms with E-state index in [2.05, 4.69) is 5.32 Å². The third-order valence-corrected chi connectivity index (χ3v) is 9.74. The first-order valence-corrected chi connectivity index (χ1v) is 17.3. The average Bonchev–Trinajstić information content (AvgIpc) is 3.05. The quantitative estimate of drug-likeness (QED) is 0.163. The largest absolute Gasteiger partial charge is 0.495 e. The van der Waals surface area contributed by atoms with Crippen LogP contribution in [0.25, 0.3) is 0 Å². The SMILES string of the molecule is COc1ccc(Cl)cc1N(CC(=O)N(Cc1ccc(C)cc1)C(Cc1ccccc1)C(=O)NCC(C)C)S(=O)(=O)c1ccc(C)cc1. The van der Waals surface area contributed by atoms with Crippen LogP contribution in [0, 0.1) is 19.8 Å². The van der Waals surface area contributed by atoms with Crippen molar-refractivity contribution < 1.29 is 22.7 Å². The standard InChI is InChI=1S/C37H42ClN3O5S/c1-26(2)23-39-37(43)34(21-29-9-7-6-8-10-29)40(24-30-15-11-27(3)12-16-30)36(42)25-41(33-22-31(38)17-20-35(33)46-5)47(44,45)32-18-13-28(4)14-19-32/h6-20,22,26,34H,21,23-25H2,1-5H3,(H,39,43). The Balaban J connectivity index is 1.84. The number of amides is 2. The molecule has 0 aliphatic carbocycles. The van der Waals surface area contributed by atoms with Crippen molar-refractivity contribution in [3.8, 4) is 5.75 Å². The lowest BCUT2D eigenvalue weighted by Gasteiger charge is -2.34. The highest BCUT2D eigenvalue weighted by Crippen LogP contribution is 2.35. The van der Waals surface area contributed by atoms with Crippen molar-refractivity contribution in [3.05, 3.63) is 124 Å². The number of benzene rings is 4. The van der Waals surface area contributed by atoms with Gasteiger partial charge in [0.2, 0.25) is 11.8 Å². The van der Waals surface area contributed by atoms with Crippen LogP contribution in [0.3, 0.4) is 0 Å². The van der Waals surface area contributed by atoms with E-state index in [0.717, 1.165) is 26.6 Å². The normalized spacial score (nSPS) is 12.0. The highest BCUT2D eigenvalue weighted by atomic mass is 35.5. The van der Waals surface area contributed by atoms with E-state index in [-0.39, 0.29) is 46.1 Å². The molecule has 1 N–H and O–H groups in total. The molecular weight excluding hydrogens is 634 g/mol. The summed E-state index contributed by atoms with van der Waals surface area (Å²) in [4.78, 5) is 30.0. The molecule has 248 valence electrons. The van der Waals surface area contributed by atoms with Crippen molar-refractivity contribution in [2.45, 2.75) is 51.6 Å². The number of nitrogens with zero attached hydrogens (tertiary/aromatic N) is 2. The van der Waals surface area contributed by atoms with Crippen molar-refractivity contribution >= 4 is 39.1 Å². The van der Waals surface area contributed by atoms with Gasteiger partial charge in [0.1, 0.15) is 18.3 Å². The minimum atomic E-state index is -4.31. The topological polar surface area (TPSA) is 96.0 Å². The molecule has 1 atom stereocenters. The van der Waals surface area contributed by atoms with E-state index in [0.29, 0.717) is 6.54 Å². The zero-order valence-corrected chi connectivity index (χ0v) is 29.0. The second-order valence-corrected chi connectivity index (χ2v) is 14.3. The number of nitrogens with one attached hydrogen (secondary N) is 1. The molecule has 10 heteroatoms. The molecule has 0 aliphatic heterocycles. The average molecular weight is 676 g/mol. The van der Waals surface area contributed by atoms with Gasteiger partial charge in [-0.2, -0.15) is 0 Å². The highest BCUT2D eigenvalue weighted by Gasteiger charge is 2.35. The number of carbonyl (C=O) groups is 2. The third kappa shape index (κ3) is 9.36. The zero-order chi connectivity index (χ0) is 34.1. The summed E-state index contributed by atoms with van der Waals surface area (Å²) in [6, 6.07) is 27.2. The van der Waals surface area contributed by atoms with Crippen LogP contribution in [0.4, 0.5) is 5.69 Å². The Bertz CT molecular complexity index is 1760. The predicted octanol–water partition coefficient (Wildman–Crippen LogP) is 6.57. The van der Waals surface area contributed by atoms with E-state index in [1.807, 2.05) is 82.3 Å². The summed E-state index contributed by atoms with van der Waals surface area (Å²) in [7, 11) is -2.89. The maximum atomic E-state index is 14.7. The summed E-state index contributed by atoms with van der Waals surface area (Å²) in [5.74, 6) is -0.485. The first-order valence-electron chi connectivity index (χ1n) is 15.5. The molecule has 0 saturated heterocycles. The van der Waals surface area contributed by atoms with Gasteiger partial charge < -0.3 is 15.0 Å². The molecule has 0 aromatic heterocycles. The molecule has 4 aromatic rings. The smallest absolute Gasteiger partial charge is 0.264 e. The molecule has 0 saturated carbocycles. The Morgan fingerprint density at radius 1 is 0.851 bits per heavy atom. The Kier molecular flexibility index (Phi) is 12.1. The summed E-state index contributed by atoms with van der Waals surface area (Å²) in [6.07, 6.45) is 0.230. The molecule has 0 spiro atoms. The zero-order valence-electron chi connectivity index (χ0n) is 27.4. The van der Waals surface area contributed by atoms with E-state index in [1.165, 1.54) is 30.2 Å². The summed E-state index contributed by atoms with van der Waals surface area (Å²) >= 11 is 6.37. The summed E-state index contributed by atoms with van der Waals surface area (Å²) in [5, 5.41) is 3.27. The number of carbonyl (C=O) groups excluding carboxylic acids is 2. The van der Waals surface area contributed by atoms with E-state index in [4.69, 9.17) is 16.3 Å². The Labute approximate surface area is 283 Å². The monoisotopic (exact) mass is 675 g/mol. The maximum Gasteiger partial charge on any atom is 0.264 e. The van der Waals surface area contributed by atoms with Crippen molar-refractivity contribution in [2.75, 3.05) is 24.5 Å². The highest BCUT2D eigenvalue weighted by molar-refractivity contribution is 7.92. The molecule has 4 rings (SSSR count). The number of anilines is 1. The van der Waals surface area contributed by atoms with Crippen LogP contribution in [0.1, 0.15) is 36.1 Å². The molecule has 47 heavy (non-hydrogen) atoms. The van der Waals surface area contributed by atoms with Crippen LogP contribution in [0.5, 0.6) is 5.75 Å². The molecule has 2 amide bonds. The molecule has 8 nitrogen and oxygen atoms in total. The van der Waals surface area contributed by atoms with Gasteiger partial charge >= 0.3 is 0 Å². The lowest BCUT2D eigenvalue weighted by atomic mass is 10.0. The summed E-state index contributed by atoms with van der Waals surface area (Å²) < 4.78 is 35.2. The molecule has 0 aliphatic rings. The number of sulfonamides is 1. The van der Waals surface area contributed by atoms with Gasteiger partial charge in [0.25, 0.3) is 10.0 Å². The van der Waals surface area contributed by atoms with Crippen LogP contribution in [-0.2, 0) is 32.6 Å². The Morgan fingerprint density at radius 3 is 2.06 bits per heavy atom. The molecular formula is C37H42ClN3O5S. The predicted molar refractivity (Wildman–Crippen MR) is 187 cm³/mol. The fourth-order valence-corrected chi connectivity index (χ4v) is 6.66. The first-order chi connectivity index (χ1) is 22.4. The van der Waals surface area contributed by atoms with Crippen LogP contribution in [0.2, 0.25) is 5.02 Å². The number of hydrogen-bond acceptors (Lipinski definition) is 5. The maximum absolute atomic E-state index is 14.7. The number of rotatable bonds is 14. The number of methoxy groups -OCH3 is 1. The molecule has 4 aromatic carbocycles. The molecule has 0 fully saturated rings. The molecule has 0 radical (unpaired) electrons. The van der Waals surface area contributed by atoms with Crippen LogP contribution < -0.4 is 14.4 Å². The minimum absolute atomic E-state index is 0.00137. The lowest BCUT2D eigenvalue weighted by Crippen LogP contribution is -2.53. The lowest BCUT2D eigenvalue weighted by molar-refractivity contribution is -0.140. The van der Waals surface area contributed by atoms with Gasteiger partial charge in [0, 0.05) is 24.5 Å². The summed E-state index contributed by atoms with van der Waals surface area (Å²) in [5.41, 5.74) is 3.69. The van der Waals surface area contributed by atoms with Gasteiger partial charge in [-0.3, -0.25) is 13.9 Å². The van der Waals surface area contributed by atoms with E-state index < -0.39 is 28.5 Å². The van der Waals surface area contributed by atoms with Crippen molar-refractivity contribution in [2.24, 2.45) is 5.92 Å². The van der Waals surface area contributed by atoms with E-state index >= 15 is 0 Å². The van der Waals surface area contributed by atoms with E-state index in [1.54, 1.807) is 24.3 Å². The first kappa shape index (κ1) is 35.5. The van der Waals surface area contributed by atoms with Gasteiger partial charge in [0.15, 0.2) is 0 Å². The minimum Gasteiger partial charge on any atom is -0.495 e. The van der Waals surface area contributed by atoms with Crippen LogP contribution >= 0.6 is 11.6 Å². The van der Waals surface area contributed by atoms with Gasteiger partial charge in [-0.05, 0) is 61.2 Å². The third-order valence-electron chi connectivity index (χ3n) is 7.73. The Hall–Kier alpha value is -4.34. The second kappa shape index (κ2) is 16.0. The van der Waals surface area contributed by atoms with E-state index in [9.17, 15) is 18.0 Å². The number of halogens is 1.